The SMILES string of the molecule is CNC(c1cnnn1C)C1CSC(C)C(C)S1. The molecule has 0 bridgehead atoms. The number of aryl methyl sites for hydroxylation is 1. The summed E-state index contributed by atoms with van der Waals surface area (Å²) in [5.74, 6) is 1.19. The molecule has 6 heteroatoms. The van der Waals surface area contributed by atoms with Gasteiger partial charge in [0.25, 0.3) is 0 Å². The van der Waals surface area contributed by atoms with Crippen LogP contribution >= 0.6 is 23.5 Å². The third kappa shape index (κ3) is 2.80. The molecule has 1 aliphatic rings. The number of nitrogens with zero attached hydrogens (tertiary/aromatic N) is 3. The summed E-state index contributed by atoms with van der Waals surface area (Å²) in [6.45, 7) is 4.64. The van der Waals surface area contributed by atoms with Crippen LogP contribution in [0.4, 0.5) is 0 Å². The molecule has 0 aliphatic carbocycles. The minimum atomic E-state index is 0.336. The number of nitrogens with one attached hydrogen (secondary N) is 1. The molecule has 0 spiro atoms. The molecule has 4 unspecified atom stereocenters. The summed E-state index contributed by atoms with van der Waals surface area (Å²) in [4.78, 5) is 0. The first kappa shape index (κ1) is 13.2. The highest BCUT2D eigenvalue weighted by atomic mass is 32.2. The van der Waals surface area contributed by atoms with Gasteiger partial charge < -0.3 is 5.32 Å². The van der Waals surface area contributed by atoms with Gasteiger partial charge in [0, 0.05) is 28.6 Å². The molecule has 96 valence electrons. The summed E-state index contributed by atoms with van der Waals surface area (Å²) >= 11 is 4.15. The zero-order valence-corrected chi connectivity index (χ0v) is 12.4. The molecular formula is C11H20N4S2. The molecular weight excluding hydrogens is 252 g/mol. The maximum atomic E-state index is 4.02. The topological polar surface area (TPSA) is 42.7 Å². The smallest absolute Gasteiger partial charge is 0.0764 e. The van der Waals surface area contributed by atoms with Crippen molar-refractivity contribution in [3.63, 3.8) is 0 Å². The Morgan fingerprint density at radius 1 is 1.47 bits per heavy atom. The van der Waals surface area contributed by atoms with Crippen molar-refractivity contribution >= 4 is 23.5 Å². The lowest BCUT2D eigenvalue weighted by Gasteiger charge is -2.35. The van der Waals surface area contributed by atoms with E-state index < -0.39 is 0 Å². The van der Waals surface area contributed by atoms with E-state index in [1.54, 1.807) is 0 Å². The fourth-order valence-electron chi connectivity index (χ4n) is 2.09. The van der Waals surface area contributed by atoms with E-state index in [0.717, 1.165) is 5.25 Å². The summed E-state index contributed by atoms with van der Waals surface area (Å²) in [6.07, 6.45) is 1.87. The van der Waals surface area contributed by atoms with Crippen LogP contribution in [-0.2, 0) is 7.05 Å². The van der Waals surface area contributed by atoms with Crippen molar-refractivity contribution in [3.8, 4) is 0 Å². The van der Waals surface area contributed by atoms with Crippen LogP contribution in [0, 0.1) is 0 Å². The Labute approximate surface area is 111 Å². The van der Waals surface area contributed by atoms with E-state index in [2.05, 4.69) is 53.0 Å². The molecule has 1 N–H and O–H groups in total. The van der Waals surface area contributed by atoms with Crippen molar-refractivity contribution in [2.75, 3.05) is 12.8 Å². The highest BCUT2D eigenvalue weighted by molar-refractivity contribution is 8.07. The first-order valence-electron chi connectivity index (χ1n) is 5.92. The third-order valence-corrected chi connectivity index (χ3v) is 6.82. The fourth-order valence-corrected chi connectivity index (χ4v) is 5.23. The van der Waals surface area contributed by atoms with E-state index >= 15 is 0 Å². The van der Waals surface area contributed by atoms with Gasteiger partial charge in [-0.3, -0.25) is 4.68 Å². The van der Waals surface area contributed by atoms with Gasteiger partial charge >= 0.3 is 0 Å². The molecule has 0 radical (unpaired) electrons. The zero-order chi connectivity index (χ0) is 12.4. The zero-order valence-electron chi connectivity index (χ0n) is 10.8. The minimum absolute atomic E-state index is 0.336. The Morgan fingerprint density at radius 2 is 2.24 bits per heavy atom. The average molecular weight is 272 g/mol. The Kier molecular flexibility index (Phi) is 4.38. The van der Waals surface area contributed by atoms with Gasteiger partial charge in [0.2, 0.25) is 0 Å². The van der Waals surface area contributed by atoms with Crippen LogP contribution in [0.2, 0.25) is 0 Å². The second-order valence-electron chi connectivity index (χ2n) is 4.47. The van der Waals surface area contributed by atoms with Gasteiger partial charge in [-0.05, 0) is 7.05 Å². The van der Waals surface area contributed by atoms with E-state index in [4.69, 9.17) is 0 Å². The van der Waals surface area contributed by atoms with Crippen molar-refractivity contribution < 1.29 is 0 Å². The molecule has 1 aromatic rings. The molecule has 2 heterocycles. The van der Waals surface area contributed by atoms with Gasteiger partial charge in [-0.25, -0.2) is 0 Å². The van der Waals surface area contributed by atoms with E-state index in [0.29, 0.717) is 16.5 Å². The Morgan fingerprint density at radius 3 is 2.76 bits per heavy atom. The molecule has 0 amide bonds. The molecule has 1 fully saturated rings. The Bertz CT molecular complexity index is 368. The number of hydrogen-bond acceptors (Lipinski definition) is 5. The average Bonchev–Trinajstić information content (AvgIpc) is 2.71. The number of rotatable bonds is 3. The summed E-state index contributed by atoms with van der Waals surface area (Å²) in [5, 5.41) is 13.5. The molecule has 1 aliphatic heterocycles. The van der Waals surface area contributed by atoms with Crippen LogP contribution in [0.15, 0.2) is 6.20 Å². The fraction of sp³-hybridized carbons (Fsp3) is 0.818. The monoisotopic (exact) mass is 272 g/mol. The quantitative estimate of drug-likeness (QED) is 0.907. The molecule has 0 aromatic carbocycles. The summed E-state index contributed by atoms with van der Waals surface area (Å²) in [7, 11) is 3.98. The number of hydrogen-bond donors (Lipinski definition) is 1. The maximum absolute atomic E-state index is 4.02. The Hall–Kier alpha value is -0.200. The van der Waals surface area contributed by atoms with Crippen LogP contribution in [0.1, 0.15) is 25.6 Å². The first-order chi connectivity index (χ1) is 8.13. The van der Waals surface area contributed by atoms with Gasteiger partial charge in [-0.1, -0.05) is 19.1 Å². The van der Waals surface area contributed by atoms with Crippen LogP contribution in [-0.4, -0.2) is 43.5 Å². The third-order valence-electron chi connectivity index (χ3n) is 3.32. The molecule has 4 nitrogen and oxygen atoms in total. The maximum Gasteiger partial charge on any atom is 0.0764 e. The largest absolute Gasteiger partial charge is 0.311 e. The summed E-state index contributed by atoms with van der Waals surface area (Å²) in [6, 6.07) is 0.336. The van der Waals surface area contributed by atoms with E-state index in [-0.39, 0.29) is 0 Å². The molecule has 4 atom stereocenters. The van der Waals surface area contributed by atoms with Crippen molar-refractivity contribution in [2.45, 2.75) is 35.6 Å². The van der Waals surface area contributed by atoms with Crippen LogP contribution in [0.25, 0.3) is 0 Å². The molecule has 0 saturated carbocycles. The van der Waals surface area contributed by atoms with Gasteiger partial charge in [0.05, 0.1) is 17.9 Å². The molecule has 1 saturated heterocycles. The normalized spacial score (nSPS) is 31.4. The summed E-state index contributed by atoms with van der Waals surface area (Å²) in [5.41, 5.74) is 1.17. The minimum Gasteiger partial charge on any atom is -0.311 e. The van der Waals surface area contributed by atoms with Gasteiger partial charge in [0.15, 0.2) is 0 Å². The lowest BCUT2D eigenvalue weighted by molar-refractivity contribution is 0.533. The van der Waals surface area contributed by atoms with Crippen molar-refractivity contribution in [3.05, 3.63) is 11.9 Å². The van der Waals surface area contributed by atoms with Gasteiger partial charge in [0.1, 0.15) is 0 Å². The van der Waals surface area contributed by atoms with E-state index in [1.165, 1.54) is 11.4 Å². The van der Waals surface area contributed by atoms with E-state index in [1.807, 2.05) is 25.0 Å². The van der Waals surface area contributed by atoms with Gasteiger partial charge in [-0.2, -0.15) is 23.5 Å². The highest BCUT2D eigenvalue weighted by Gasteiger charge is 2.32. The summed E-state index contributed by atoms with van der Waals surface area (Å²) < 4.78 is 1.87. The van der Waals surface area contributed by atoms with Crippen LogP contribution in [0.5, 0.6) is 0 Å². The lowest BCUT2D eigenvalue weighted by Crippen LogP contribution is -2.36. The van der Waals surface area contributed by atoms with Crippen LogP contribution in [0.3, 0.4) is 0 Å². The molecule has 1 aromatic heterocycles. The standard InChI is InChI=1S/C11H20N4S2/c1-7-8(2)17-10(6-16-7)11(12-3)9-5-13-14-15(9)4/h5,7-8,10-12H,6H2,1-4H3. The first-order valence-corrected chi connectivity index (χ1v) is 7.91. The van der Waals surface area contributed by atoms with Crippen molar-refractivity contribution in [1.82, 2.24) is 20.3 Å². The van der Waals surface area contributed by atoms with Crippen LogP contribution < -0.4 is 5.32 Å². The lowest BCUT2D eigenvalue weighted by atomic mass is 10.1. The Balaban J connectivity index is 2.12. The van der Waals surface area contributed by atoms with Gasteiger partial charge in [-0.15, -0.1) is 5.10 Å². The van der Waals surface area contributed by atoms with E-state index in [9.17, 15) is 0 Å². The number of aromatic nitrogens is 3. The predicted octanol–water partition coefficient (Wildman–Crippen LogP) is 1.70. The molecule has 2 rings (SSSR count). The number of thioether (sulfide) groups is 2. The second-order valence-corrected chi connectivity index (χ2v) is 7.50. The predicted molar refractivity (Wildman–Crippen MR) is 75.6 cm³/mol. The van der Waals surface area contributed by atoms with Crippen molar-refractivity contribution in [2.24, 2.45) is 7.05 Å². The van der Waals surface area contributed by atoms with Crippen molar-refractivity contribution in [1.29, 1.82) is 0 Å². The second kappa shape index (κ2) is 5.63. The molecule has 17 heavy (non-hydrogen) atoms. The highest BCUT2D eigenvalue weighted by Crippen LogP contribution is 2.40.